The highest BCUT2D eigenvalue weighted by molar-refractivity contribution is 5.74. The summed E-state index contributed by atoms with van der Waals surface area (Å²) < 4.78 is 6.72. The van der Waals surface area contributed by atoms with Crippen LogP contribution in [0.15, 0.2) is 35.3 Å². The number of aromatic nitrogens is 2. The first-order valence-electron chi connectivity index (χ1n) is 5.26. The Labute approximate surface area is 93.5 Å². The van der Waals surface area contributed by atoms with Crippen LogP contribution in [0.5, 0.6) is 0 Å². The fraction of sp³-hybridized carbons (Fsp3) is 0.333. The number of hydrogen-bond acceptors (Lipinski definition) is 3. The number of hydrogen-bond donors (Lipinski definition) is 0. The number of para-hydroxylation sites is 2. The van der Waals surface area contributed by atoms with Crippen LogP contribution in [-0.4, -0.2) is 23.3 Å². The van der Waals surface area contributed by atoms with Gasteiger partial charge in [-0.2, -0.15) is 0 Å². The van der Waals surface area contributed by atoms with Gasteiger partial charge in [0.25, 0.3) is 5.56 Å². The average Bonchev–Trinajstić information content (AvgIpc) is 2.32. The van der Waals surface area contributed by atoms with Crippen molar-refractivity contribution in [2.75, 3.05) is 13.7 Å². The molecular weight excluding hydrogens is 204 g/mol. The van der Waals surface area contributed by atoms with Crippen LogP contribution in [0.1, 0.15) is 6.42 Å². The monoisotopic (exact) mass is 218 g/mol. The maximum absolute atomic E-state index is 11.7. The fourth-order valence-corrected chi connectivity index (χ4v) is 1.71. The van der Waals surface area contributed by atoms with Gasteiger partial charge >= 0.3 is 0 Å². The molecule has 0 bridgehead atoms. The lowest BCUT2D eigenvalue weighted by atomic mass is 10.3. The van der Waals surface area contributed by atoms with Crippen LogP contribution in [0.3, 0.4) is 0 Å². The van der Waals surface area contributed by atoms with Gasteiger partial charge in [-0.15, -0.1) is 0 Å². The molecule has 2 rings (SSSR count). The highest BCUT2D eigenvalue weighted by Gasteiger charge is 2.02. The molecule has 0 aliphatic rings. The predicted molar refractivity (Wildman–Crippen MR) is 62.5 cm³/mol. The van der Waals surface area contributed by atoms with Crippen molar-refractivity contribution >= 4 is 11.0 Å². The lowest BCUT2D eigenvalue weighted by Gasteiger charge is -2.08. The molecule has 0 fully saturated rings. The third-order valence-electron chi connectivity index (χ3n) is 2.48. The van der Waals surface area contributed by atoms with Gasteiger partial charge in [-0.25, -0.2) is 4.98 Å². The SMILES string of the molecule is COCCCn1c(=O)cnc2ccccc21. The molecule has 0 spiro atoms. The Hall–Kier alpha value is -1.68. The zero-order valence-corrected chi connectivity index (χ0v) is 9.22. The molecular formula is C12H14N2O2. The van der Waals surface area contributed by atoms with Crippen molar-refractivity contribution in [1.29, 1.82) is 0 Å². The molecule has 0 amide bonds. The molecule has 2 aromatic rings. The van der Waals surface area contributed by atoms with Crippen molar-refractivity contribution in [3.05, 3.63) is 40.8 Å². The maximum Gasteiger partial charge on any atom is 0.269 e. The Kier molecular flexibility index (Phi) is 3.31. The number of benzene rings is 1. The number of nitrogens with zero attached hydrogens (tertiary/aromatic N) is 2. The van der Waals surface area contributed by atoms with E-state index in [-0.39, 0.29) is 5.56 Å². The van der Waals surface area contributed by atoms with Gasteiger partial charge in [0.1, 0.15) is 0 Å². The molecule has 4 heteroatoms. The van der Waals surface area contributed by atoms with Gasteiger partial charge in [-0.05, 0) is 18.6 Å². The number of ether oxygens (including phenoxy) is 1. The van der Waals surface area contributed by atoms with E-state index in [2.05, 4.69) is 4.98 Å². The van der Waals surface area contributed by atoms with Crippen LogP contribution in [0.25, 0.3) is 11.0 Å². The van der Waals surface area contributed by atoms with Crippen molar-refractivity contribution in [1.82, 2.24) is 9.55 Å². The summed E-state index contributed by atoms with van der Waals surface area (Å²) in [5.41, 5.74) is 1.67. The third kappa shape index (κ3) is 2.12. The van der Waals surface area contributed by atoms with Crippen molar-refractivity contribution in [3.63, 3.8) is 0 Å². The molecule has 0 aliphatic heterocycles. The van der Waals surface area contributed by atoms with E-state index in [1.54, 1.807) is 11.7 Å². The molecule has 0 saturated carbocycles. The minimum absolute atomic E-state index is 0.0604. The van der Waals surface area contributed by atoms with Crippen LogP contribution in [0.2, 0.25) is 0 Å². The average molecular weight is 218 g/mol. The van der Waals surface area contributed by atoms with Crippen LogP contribution in [-0.2, 0) is 11.3 Å². The largest absolute Gasteiger partial charge is 0.385 e. The molecule has 16 heavy (non-hydrogen) atoms. The molecule has 0 unspecified atom stereocenters. The summed E-state index contributed by atoms with van der Waals surface area (Å²) >= 11 is 0. The fourth-order valence-electron chi connectivity index (χ4n) is 1.71. The second kappa shape index (κ2) is 4.90. The summed E-state index contributed by atoms with van der Waals surface area (Å²) in [5, 5.41) is 0. The zero-order valence-electron chi connectivity index (χ0n) is 9.22. The molecule has 1 aromatic heterocycles. The number of fused-ring (bicyclic) bond motifs is 1. The Morgan fingerprint density at radius 3 is 3.00 bits per heavy atom. The van der Waals surface area contributed by atoms with E-state index in [1.165, 1.54) is 6.20 Å². The molecule has 0 saturated heterocycles. The summed E-state index contributed by atoms with van der Waals surface area (Å²) in [6.07, 6.45) is 2.19. The van der Waals surface area contributed by atoms with Gasteiger partial charge in [-0.3, -0.25) is 4.79 Å². The van der Waals surface area contributed by atoms with Crippen LogP contribution >= 0.6 is 0 Å². The van der Waals surface area contributed by atoms with Gasteiger partial charge in [0.05, 0.1) is 17.2 Å². The highest BCUT2D eigenvalue weighted by atomic mass is 16.5. The summed E-state index contributed by atoms with van der Waals surface area (Å²) in [5.74, 6) is 0. The standard InChI is InChI=1S/C12H14N2O2/c1-16-8-4-7-14-11-6-3-2-5-10(11)13-9-12(14)15/h2-3,5-6,9H,4,7-8H2,1H3. The van der Waals surface area contributed by atoms with E-state index >= 15 is 0 Å². The first-order valence-corrected chi connectivity index (χ1v) is 5.26. The minimum Gasteiger partial charge on any atom is -0.385 e. The van der Waals surface area contributed by atoms with Gasteiger partial charge in [0.15, 0.2) is 0 Å². The quantitative estimate of drug-likeness (QED) is 0.729. The molecule has 0 N–H and O–H groups in total. The van der Waals surface area contributed by atoms with Crippen molar-refractivity contribution in [2.45, 2.75) is 13.0 Å². The van der Waals surface area contributed by atoms with E-state index in [9.17, 15) is 4.79 Å². The van der Waals surface area contributed by atoms with Crippen molar-refractivity contribution in [2.24, 2.45) is 0 Å². The molecule has 84 valence electrons. The smallest absolute Gasteiger partial charge is 0.269 e. The van der Waals surface area contributed by atoms with Gasteiger partial charge in [-0.1, -0.05) is 12.1 Å². The Morgan fingerprint density at radius 1 is 1.38 bits per heavy atom. The molecule has 1 heterocycles. The maximum atomic E-state index is 11.7. The molecule has 1 aromatic carbocycles. The molecule has 0 radical (unpaired) electrons. The van der Waals surface area contributed by atoms with E-state index in [1.807, 2.05) is 24.3 Å². The lowest BCUT2D eigenvalue weighted by Crippen LogP contribution is -2.21. The van der Waals surface area contributed by atoms with E-state index in [0.29, 0.717) is 13.2 Å². The summed E-state index contributed by atoms with van der Waals surface area (Å²) in [4.78, 5) is 15.8. The Morgan fingerprint density at radius 2 is 2.19 bits per heavy atom. The van der Waals surface area contributed by atoms with Crippen molar-refractivity contribution in [3.8, 4) is 0 Å². The molecule has 0 aliphatic carbocycles. The first-order chi connectivity index (χ1) is 7.83. The number of aryl methyl sites for hydroxylation is 1. The number of rotatable bonds is 4. The molecule has 4 nitrogen and oxygen atoms in total. The predicted octanol–water partition coefficient (Wildman–Crippen LogP) is 1.43. The highest BCUT2D eigenvalue weighted by Crippen LogP contribution is 2.08. The minimum atomic E-state index is -0.0604. The molecule has 0 atom stereocenters. The van der Waals surface area contributed by atoms with Gasteiger partial charge < -0.3 is 9.30 Å². The van der Waals surface area contributed by atoms with Gasteiger partial charge in [0, 0.05) is 20.3 Å². The Bertz CT molecular complexity index is 534. The van der Waals surface area contributed by atoms with Crippen LogP contribution < -0.4 is 5.56 Å². The second-order valence-electron chi connectivity index (χ2n) is 3.58. The van der Waals surface area contributed by atoms with Crippen molar-refractivity contribution < 1.29 is 4.74 Å². The topological polar surface area (TPSA) is 44.1 Å². The van der Waals surface area contributed by atoms with E-state index in [4.69, 9.17) is 4.74 Å². The number of methoxy groups -OCH3 is 1. The van der Waals surface area contributed by atoms with Gasteiger partial charge in [0.2, 0.25) is 0 Å². The zero-order chi connectivity index (χ0) is 11.4. The Balaban J connectivity index is 2.41. The first kappa shape index (κ1) is 10.8. The lowest BCUT2D eigenvalue weighted by molar-refractivity contribution is 0.190. The van der Waals surface area contributed by atoms with E-state index < -0.39 is 0 Å². The third-order valence-corrected chi connectivity index (χ3v) is 2.48. The van der Waals surface area contributed by atoms with Crippen LogP contribution in [0, 0.1) is 0 Å². The van der Waals surface area contributed by atoms with Crippen LogP contribution in [0.4, 0.5) is 0 Å². The summed E-state index contributed by atoms with van der Waals surface area (Å²) in [6.45, 7) is 1.32. The second-order valence-corrected chi connectivity index (χ2v) is 3.58. The summed E-state index contributed by atoms with van der Waals surface area (Å²) in [6, 6.07) is 7.65. The van der Waals surface area contributed by atoms with E-state index in [0.717, 1.165) is 17.5 Å². The summed E-state index contributed by atoms with van der Waals surface area (Å²) in [7, 11) is 1.66. The normalized spacial score (nSPS) is 10.8.